The molecule has 4 nitrogen and oxygen atoms in total. The van der Waals surface area contributed by atoms with Crippen LogP contribution in [0, 0.1) is 3.57 Å². The Morgan fingerprint density at radius 2 is 2.19 bits per heavy atom. The van der Waals surface area contributed by atoms with E-state index in [-0.39, 0.29) is 12.3 Å². The van der Waals surface area contributed by atoms with Crippen molar-refractivity contribution in [1.82, 2.24) is 5.32 Å². The Labute approximate surface area is 107 Å². The summed E-state index contributed by atoms with van der Waals surface area (Å²) in [5, 5.41) is 11.4. The molecule has 1 rings (SSSR count). The van der Waals surface area contributed by atoms with Crippen molar-refractivity contribution in [3.8, 4) is 0 Å². The van der Waals surface area contributed by atoms with Crippen LogP contribution in [-0.2, 0) is 9.59 Å². The maximum atomic E-state index is 11.0. The monoisotopic (exact) mass is 333 g/mol. The molecule has 86 valence electrons. The molecule has 0 aliphatic rings. The predicted octanol–water partition coefficient (Wildman–Crippen LogP) is 1.94. The van der Waals surface area contributed by atoms with Crippen LogP contribution in [0.3, 0.4) is 0 Å². The standard InChI is InChI=1S/C11H12INO3/c1-7(14)13-10(6-11(15)16)8-3-2-4-9(12)5-8/h2-5,10H,6H2,1H3,(H,13,14)(H,15,16)/t10-/m0/s1. The van der Waals surface area contributed by atoms with Crippen LogP contribution >= 0.6 is 22.6 Å². The molecule has 2 N–H and O–H groups in total. The number of aliphatic carboxylic acids is 1. The summed E-state index contributed by atoms with van der Waals surface area (Å²) in [6, 6.07) is 6.96. The predicted molar refractivity (Wildman–Crippen MR) is 68.0 cm³/mol. The summed E-state index contributed by atoms with van der Waals surface area (Å²) in [5.74, 6) is -1.16. The van der Waals surface area contributed by atoms with E-state index in [1.165, 1.54) is 6.92 Å². The molecule has 0 aliphatic carbocycles. The van der Waals surface area contributed by atoms with E-state index in [4.69, 9.17) is 5.11 Å². The summed E-state index contributed by atoms with van der Waals surface area (Å²) >= 11 is 2.15. The van der Waals surface area contributed by atoms with Gasteiger partial charge in [-0.3, -0.25) is 9.59 Å². The van der Waals surface area contributed by atoms with E-state index < -0.39 is 12.0 Å². The molecular formula is C11H12INO3. The highest BCUT2D eigenvalue weighted by molar-refractivity contribution is 14.1. The normalized spacial score (nSPS) is 11.9. The number of carboxylic acid groups (broad SMARTS) is 1. The third-order valence-corrected chi connectivity index (χ3v) is 2.68. The molecule has 1 aromatic carbocycles. The van der Waals surface area contributed by atoms with Crippen molar-refractivity contribution in [1.29, 1.82) is 0 Å². The SMILES string of the molecule is CC(=O)N[C@@H](CC(=O)O)c1cccc(I)c1. The topological polar surface area (TPSA) is 66.4 Å². The lowest BCUT2D eigenvalue weighted by Gasteiger charge is -2.16. The largest absolute Gasteiger partial charge is 0.481 e. The van der Waals surface area contributed by atoms with Gasteiger partial charge >= 0.3 is 5.97 Å². The first kappa shape index (κ1) is 13.0. The van der Waals surface area contributed by atoms with Gasteiger partial charge in [0.25, 0.3) is 0 Å². The molecule has 0 unspecified atom stereocenters. The van der Waals surface area contributed by atoms with E-state index in [0.29, 0.717) is 0 Å². The van der Waals surface area contributed by atoms with Gasteiger partial charge in [-0.2, -0.15) is 0 Å². The number of carbonyl (C=O) groups excluding carboxylic acids is 1. The van der Waals surface area contributed by atoms with Crippen LogP contribution in [-0.4, -0.2) is 17.0 Å². The quantitative estimate of drug-likeness (QED) is 0.828. The molecule has 1 amide bonds. The molecule has 0 heterocycles. The Kier molecular flexibility index (Phi) is 4.72. The Morgan fingerprint density at radius 3 is 2.69 bits per heavy atom. The molecule has 16 heavy (non-hydrogen) atoms. The van der Waals surface area contributed by atoms with Gasteiger partial charge in [0, 0.05) is 10.5 Å². The van der Waals surface area contributed by atoms with Crippen molar-refractivity contribution in [2.45, 2.75) is 19.4 Å². The number of hydrogen-bond donors (Lipinski definition) is 2. The molecule has 0 spiro atoms. The highest BCUT2D eigenvalue weighted by atomic mass is 127. The Hall–Kier alpha value is -1.11. The first-order chi connectivity index (χ1) is 7.49. The number of carboxylic acids is 1. The minimum Gasteiger partial charge on any atom is -0.481 e. The Bertz CT molecular complexity index is 390. The molecule has 0 radical (unpaired) electrons. The lowest BCUT2D eigenvalue weighted by atomic mass is 10.0. The number of benzene rings is 1. The van der Waals surface area contributed by atoms with Gasteiger partial charge in [0.2, 0.25) is 5.91 Å². The van der Waals surface area contributed by atoms with E-state index >= 15 is 0 Å². The van der Waals surface area contributed by atoms with Crippen molar-refractivity contribution in [3.63, 3.8) is 0 Å². The van der Waals surface area contributed by atoms with Gasteiger partial charge < -0.3 is 10.4 Å². The molecule has 1 atom stereocenters. The Balaban J connectivity index is 2.90. The molecule has 1 aromatic rings. The van der Waals surface area contributed by atoms with Crippen LogP contribution in [0.25, 0.3) is 0 Å². The molecule has 0 aliphatic heterocycles. The van der Waals surface area contributed by atoms with E-state index in [9.17, 15) is 9.59 Å². The number of nitrogens with one attached hydrogen (secondary N) is 1. The van der Waals surface area contributed by atoms with Gasteiger partial charge in [-0.25, -0.2) is 0 Å². The van der Waals surface area contributed by atoms with Gasteiger partial charge in [0.05, 0.1) is 12.5 Å². The number of halogens is 1. The first-order valence-electron chi connectivity index (χ1n) is 4.73. The summed E-state index contributed by atoms with van der Waals surface area (Å²) in [6.45, 7) is 1.38. The summed E-state index contributed by atoms with van der Waals surface area (Å²) in [7, 11) is 0. The molecular weight excluding hydrogens is 321 g/mol. The molecule has 0 aromatic heterocycles. The summed E-state index contributed by atoms with van der Waals surface area (Å²) < 4.78 is 1.01. The number of rotatable bonds is 4. The highest BCUT2D eigenvalue weighted by Gasteiger charge is 2.16. The fourth-order valence-electron chi connectivity index (χ4n) is 1.40. The summed E-state index contributed by atoms with van der Waals surface area (Å²) in [5.41, 5.74) is 0.810. The number of hydrogen-bond acceptors (Lipinski definition) is 2. The number of amides is 1. The molecule has 0 saturated carbocycles. The fraction of sp³-hybridized carbons (Fsp3) is 0.273. The van der Waals surface area contributed by atoms with Crippen LogP contribution in [0.1, 0.15) is 24.9 Å². The van der Waals surface area contributed by atoms with E-state index in [1.54, 1.807) is 0 Å². The van der Waals surface area contributed by atoms with Crippen LogP contribution in [0.4, 0.5) is 0 Å². The van der Waals surface area contributed by atoms with Gasteiger partial charge in [-0.15, -0.1) is 0 Å². The second-order valence-electron chi connectivity index (χ2n) is 3.41. The average molecular weight is 333 g/mol. The van der Waals surface area contributed by atoms with Crippen molar-refractivity contribution >= 4 is 34.5 Å². The van der Waals surface area contributed by atoms with Crippen molar-refractivity contribution in [2.24, 2.45) is 0 Å². The molecule has 5 heteroatoms. The average Bonchev–Trinajstić information content (AvgIpc) is 2.15. The van der Waals surface area contributed by atoms with Crippen LogP contribution in [0.15, 0.2) is 24.3 Å². The van der Waals surface area contributed by atoms with E-state index in [1.807, 2.05) is 24.3 Å². The zero-order chi connectivity index (χ0) is 12.1. The Morgan fingerprint density at radius 1 is 1.50 bits per heavy atom. The summed E-state index contributed by atoms with van der Waals surface area (Å²) in [6.07, 6.45) is -0.111. The minimum atomic E-state index is -0.933. The first-order valence-corrected chi connectivity index (χ1v) is 5.81. The second kappa shape index (κ2) is 5.83. The van der Waals surface area contributed by atoms with Crippen molar-refractivity contribution < 1.29 is 14.7 Å². The summed E-state index contributed by atoms with van der Waals surface area (Å²) in [4.78, 5) is 21.7. The van der Waals surface area contributed by atoms with Crippen LogP contribution < -0.4 is 5.32 Å². The van der Waals surface area contributed by atoms with Crippen LogP contribution in [0.2, 0.25) is 0 Å². The fourth-order valence-corrected chi connectivity index (χ4v) is 1.96. The maximum Gasteiger partial charge on any atom is 0.305 e. The van der Waals surface area contributed by atoms with Crippen LogP contribution in [0.5, 0.6) is 0 Å². The lowest BCUT2D eigenvalue weighted by Crippen LogP contribution is -2.28. The van der Waals surface area contributed by atoms with Gasteiger partial charge in [-0.1, -0.05) is 12.1 Å². The molecule has 0 saturated heterocycles. The molecule has 0 fully saturated rings. The van der Waals surface area contributed by atoms with Gasteiger partial charge in [0.1, 0.15) is 0 Å². The van der Waals surface area contributed by atoms with Crippen molar-refractivity contribution in [2.75, 3.05) is 0 Å². The third kappa shape index (κ3) is 4.18. The highest BCUT2D eigenvalue weighted by Crippen LogP contribution is 2.19. The van der Waals surface area contributed by atoms with E-state index in [0.717, 1.165) is 9.13 Å². The smallest absolute Gasteiger partial charge is 0.305 e. The zero-order valence-electron chi connectivity index (χ0n) is 8.74. The van der Waals surface area contributed by atoms with E-state index in [2.05, 4.69) is 27.9 Å². The lowest BCUT2D eigenvalue weighted by molar-refractivity contribution is -0.137. The third-order valence-electron chi connectivity index (χ3n) is 2.01. The van der Waals surface area contributed by atoms with Crippen molar-refractivity contribution in [3.05, 3.63) is 33.4 Å². The molecule has 0 bridgehead atoms. The van der Waals surface area contributed by atoms with Gasteiger partial charge in [-0.05, 0) is 40.3 Å². The minimum absolute atomic E-state index is 0.111. The maximum absolute atomic E-state index is 11.0. The number of carbonyl (C=O) groups is 2. The zero-order valence-corrected chi connectivity index (χ0v) is 10.9. The second-order valence-corrected chi connectivity index (χ2v) is 4.65. The van der Waals surface area contributed by atoms with Gasteiger partial charge in [0.15, 0.2) is 0 Å².